The minimum absolute atomic E-state index is 0.0887. The molecular weight excluding hydrogens is 423 g/mol. The summed E-state index contributed by atoms with van der Waals surface area (Å²) < 4.78 is 15.0. The van der Waals surface area contributed by atoms with Crippen LogP contribution in [-0.2, 0) is 0 Å². The molecule has 0 fully saturated rings. The van der Waals surface area contributed by atoms with Crippen LogP contribution >= 0.6 is 23.4 Å². The molecule has 3 aromatic carbocycles. The minimum atomic E-state index is -0.308. The molecule has 5 nitrogen and oxygen atoms in total. The number of halogens is 2. The number of hydrogen-bond acceptors (Lipinski definition) is 4. The first kappa shape index (κ1) is 20.2. The van der Waals surface area contributed by atoms with E-state index in [2.05, 4.69) is 0 Å². The van der Waals surface area contributed by atoms with Crippen molar-refractivity contribution >= 4 is 29.2 Å². The van der Waals surface area contributed by atoms with E-state index in [1.165, 1.54) is 12.1 Å². The molecule has 0 saturated carbocycles. The number of hydrogen-bond donors (Lipinski definition) is 3. The van der Waals surface area contributed by atoms with Crippen molar-refractivity contribution < 1.29 is 9.60 Å². The Morgan fingerprint density at radius 3 is 2.30 bits per heavy atom. The zero-order valence-electron chi connectivity index (χ0n) is 15.5. The highest BCUT2D eigenvalue weighted by Crippen LogP contribution is 2.36. The van der Waals surface area contributed by atoms with Gasteiger partial charge in [-0.25, -0.2) is 9.07 Å². The molecule has 0 radical (unpaired) electrons. The molecule has 0 unspecified atom stereocenters. The van der Waals surface area contributed by atoms with Crippen molar-refractivity contribution in [1.29, 1.82) is 5.41 Å². The van der Waals surface area contributed by atoms with Crippen molar-refractivity contribution in [2.45, 2.75) is 9.79 Å². The van der Waals surface area contributed by atoms with E-state index >= 15 is 0 Å². The maximum absolute atomic E-state index is 13.3. The topological polar surface area (TPSA) is 73.9 Å². The molecule has 4 aromatic rings. The van der Waals surface area contributed by atoms with Crippen LogP contribution in [0.3, 0.4) is 0 Å². The van der Waals surface area contributed by atoms with Gasteiger partial charge in [0.2, 0.25) is 0 Å². The number of nitrogens with zero attached hydrogens (tertiary/aromatic N) is 2. The maximum Gasteiger partial charge on any atom is 0.149 e. The second-order valence-electron chi connectivity index (χ2n) is 6.38. The summed E-state index contributed by atoms with van der Waals surface area (Å²) in [6.07, 6.45) is 1.90. The van der Waals surface area contributed by atoms with Crippen molar-refractivity contribution in [3.05, 3.63) is 95.4 Å². The van der Waals surface area contributed by atoms with Crippen LogP contribution in [-0.4, -0.2) is 20.8 Å². The van der Waals surface area contributed by atoms with Gasteiger partial charge in [0.25, 0.3) is 0 Å². The van der Waals surface area contributed by atoms with Gasteiger partial charge < -0.3 is 0 Å². The van der Waals surface area contributed by atoms with E-state index in [0.29, 0.717) is 10.6 Å². The van der Waals surface area contributed by atoms with Gasteiger partial charge in [-0.1, -0.05) is 47.6 Å². The Labute approximate surface area is 181 Å². The first-order valence-electron chi connectivity index (χ1n) is 8.92. The Hall–Kier alpha value is -3.13. The average Bonchev–Trinajstić information content (AvgIpc) is 3.19. The van der Waals surface area contributed by atoms with Gasteiger partial charge in [-0.2, -0.15) is 5.10 Å². The fourth-order valence-electron chi connectivity index (χ4n) is 2.85. The van der Waals surface area contributed by atoms with Gasteiger partial charge in [0.1, 0.15) is 17.3 Å². The van der Waals surface area contributed by atoms with Crippen LogP contribution < -0.4 is 5.48 Å². The lowest BCUT2D eigenvalue weighted by atomic mass is 10.1. The van der Waals surface area contributed by atoms with Crippen molar-refractivity contribution in [3.8, 4) is 16.9 Å². The summed E-state index contributed by atoms with van der Waals surface area (Å²) in [6, 6.07) is 20.8. The first-order valence-corrected chi connectivity index (χ1v) is 10.1. The number of amidine groups is 1. The third-order valence-electron chi connectivity index (χ3n) is 4.37. The molecule has 30 heavy (non-hydrogen) atoms. The van der Waals surface area contributed by atoms with Crippen LogP contribution in [0.5, 0.6) is 0 Å². The lowest BCUT2D eigenvalue weighted by molar-refractivity contribution is 0.234. The lowest BCUT2D eigenvalue weighted by Gasteiger charge is -2.05. The molecule has 8 heteroatoms. The Kier molecular flexibility index (Phi) is 5.85. The predicted molar refractivity (Wildman–Crippen MR) is 116 cm³/mol. The second kappa shape index (κ2) is 8.71. The van der Waals surface area contributed by atoms with Crippen LogP contribution in [0.15, 0.2) is 88.8 Å². The molecule has 0 spiro atoms. The van der Waals surface area contributed by atoms with E-state index < -0.39 is 0 Å². The normalized spacial score (nSPS) is 10.8. The van der Waals surface area contributed by atoms with Crippen LogP contribution in [0.25, 0.3) is 16.9 Å². The fourth-order valence-corrected chi connectivity index (χ4v) is 3.91. The highest BCUT2D eigenvalue weighted by molar-refractivity contribution is 7.99. The molecule has 1 aromatic heterocycles. The quantitative estimate of drug-likeness (QED) is 0.209. The van der Waals surface area contributed by atoms with Crippen molar-refractivity contribution in [2.75, 3.05) is 0 Å². The largest absolute Gasteiger partial charge is 0.290 e. The predicted octanol–water partition coefficient (Wildman–Crippen LogP) is 5.79. The van der Waals surface area contributed by atoms with E-state index in [-0.39, 0.29) is 11.7 Å². The third-order valence-corrected chi connectivity index (χ3v) is 5.65. The molecule has 0 amide bonds. The molecule has 4 rings (SSSR count). The number of aromatic nitrogens is 2. The number of benzene rings is 3. The molecule has 1 heterocycles. The van der Waals surface area contributed by atoms with Crippen molar-refractivity contribution in [1.82, 2.24) is 15.3 Å². The van der Waals surface area contributed by atoms with Gasteiger partial charge in [0.15, 0.2) is 0 Å². The standard InChI is InChI=1S/C22H16ClFN4OS/c23-16-5-11-19(12-6-16)30-20-13-28(18-9-7-17(24)8-10-18)26-21(20)14-1-3-15(4-2-14)22(25)27-29/h1-13,29H,(H2,25,27). The highest BCUT2D eigenvalue weighted by Gasteiger charge is 2.14. The molecule has 0 aliphatic rings. The molecule has 150 valence electrons. The van der Waals surface area contributed by atoms with Gasteiger partial charge in [-0.05, 0) is 48.5 Å². The van der Waals surface area contributed by atoms with Crippen LogP contribution in [0, 0.1) is 11.2 Å². The average molecular weight is 439 g/mol. The van der Waals surface area contributed by atoms with Gasteiger partial charge in [-0.15, -0.1) is 0 Å². The molecule has 0 aliphatic carbocycles. The zero-order chi connectivity index (χ0) is 21.1. The maximum atomic E-state index is 13.3. The smallest absolute Gasteiger partial charge is 0.149 e. The van der Waals surface area contributed by atoms with E-state index in [4.69, 9.17) is 27.3 Å². The molecule has 3 N–H and O–H groups in total. The minimum Gasteiger partial charge on any atom is -0.290 e. The SMILES string of the molecule is N=C(NO)c1ccc(-c2nn(-c3ccc(F)cc3)cc2Sc2ccc(Cl)cc2)cc1. The molecule has 0 aliphatic heterocycles. The summed E-state index contributed by atoms with van der Waals surface area (Å²) in [5.41, 5.74) is 4.72. The van der Waals surface area contributed by atoms with Gasteiger partial charge in [0, 0.05) is 27.2 Å². The number of nitrogens with one attached hydrogen (secondary N) is 2. The summed E-state index contributed by atoms with van der Waals surface area (Å²) in [6.45, 7) is 0. The summed E-state index contributed by atoms with van der Waals surface area (Å²) >= 11 is 7.54. The molecule has 0 bridgehead atoms. The molecular formula is C22H16ClFN4OS. The number of hydroxylamine groups is 1. The van der Waals surface area contributed by atoms with E-state index in [9.17, 15) is 4.39 Å². The van der Waals surface area contributed by atoms with Gasteiger partial charge >= 0.3 is 0 Å². The Bertz CT molecular complexity index is 1180. The lowest BCUT2D eigenvalue weighted by Crippen LogP contribution is -2.18. The summed E-state index contributed by atoms with van der Waals surface area (Å²) in [4.78, 5) is 1.91. The second-order valence-corrected chi connectivity index (χ2v) is 7.93. The molecule has 0 saturated heterocycles. The molecule has 0 atom stereocenters. The monoisotopic (exact) mass is 438 g/mol. The highest BCUT2D eigenvalue weighted by atomic mass is 35.5. The Balaban J connectivity index is 1.75. The van der Waals surface area contributed by atoms with Crippen molar-refractivity contribution in [3.63, 3.8) is 0 Å². The summed E-state index contributed by atoms with van der Waals surface area (Å²) in [5, 5.41) is 22.0. The van der Waals surface area contributed by atoms with Crippen molar-refractivity contribution in [2.24, 2.45) is 0 Å². The van der Waals surface area contributed by atoms with Gasteiger partial charge in [-0.3, -0.25) is 16.1 Å². The van der Waals surface area contributed by atoms with E-state index in [1.807, 2.05) is 48.1 Å². The van der Waals surface area contributed by atoms with Crippen LogP contribution in [0.1, 0.15) is 5.56 Å². The Morgan fingerprint density at radius 2 is 1.67 bits per heavy atom. The van der Waals surface area contributed by atoms with Crippen LogP contribution in [0.4, 0.5) is 4.39 Å². The summed E-state index contributed by atoms with van der Waals surface area (Å²) in [5.74, 6) is -0.397. The van der Waals surface area contributed by atoms with E-state index in [0.717, 1.165) is 26.7 Å². The van der Waals surface area contributed by atoms with Crippen LogP contribution in [0.2, 0.25) is 5.02 Å². The van der Waals surface area contributed by atoms with E-state index in [1.54, 1.807) is 40.7 Å². The third kappa shape index (κ3) is 4.38. The zero-order valence-corrected chi connectivity index (χ0v) is 17.1. The first-order chi connectivity index (χ1) is 14.5. The Morgan fingerprint density at radius 1 is 1.00 bits per heavy atom. The van der Waals surface area contributed by atoms with Gasteiger partial charge in [0.05, 0.1) is 10.6 Å². The summed E-state index contributed by atoms with van der Waals surface area (Å²) in [7, 11) is 0. The fraction of sp³-hybridized carbons (Fsp3) is 0. The number of rotatable bonds is 5.